The molecule has 2 heteroatoms. The molecule has 0 spiro atoms. The quantitative estimate of drug-likeness (QED) is 0.247. The molecule has 2 heterocycles. The highest BCUT2D eigenvalue weighted by molar-refractivity contribution is 6.32. The molecule has 35 heavy (non-hydrogen) atoms. The summed E-state index contributed by atoms with van der Waals surface area (Å²) in [4.78, 5) is 0. The number of rotatable bonds is 4. The summed E-state index contributed by atoms with van der Waals surface area (Å²) in [7, 11) is 4.31. The Morgan fingerprint density at radius 2 is 1.31 bits per heavy atom. The minimum Gasteiger partial charge on any atom is -0.343 e. The number of nitrogens with zero attached hydrogens (tertiary/aromatic N) is 2. The third kappa shape index (κ3) is 3.55. The van der Waals surface area contributed by atoms with Crippen LogP contribution in [0.15, 0.2) is 121 Å². The Hall–Kier alpha value is -4.43. The molecule has 1 aliphatic heterocycles. The van der Waals surface area contributed by atoms with Gasteiger partial charge in [-0.05, 0) is 35.9 Å². The lowest BCUT2D eigenvalue weighted by Crippen LogP contribution is -2.09. The van der Waals surface area contributed by atoms with Gasteiger partial charge in [-0.2, -0.15) is 4.58 Å². The molecule has 0 radical (unpaired) electrons. The molecule has 0 amide bonds. The first-order valence-corrected chi connectivity index (χ1v) is 12.0. The maximum atomic E-state index is 2.30. The fraction of sp³-hybridized carbons (Fsp3) is 0.0606. The molecular formula is C33H27N2+. The number of hydrogen-bond acceptors (Lipinski definition) is 0. The van der Waals surface area contributed by atoms with Crippen LogP contribution in [0.2, 0.25) is 0 Å². The molecule has 1 aromatic heterocycles. The average Bonchev–Trinajstić information content (AvgIpc) is 3.36. The van der Waals surface area contributed by atoms with Crippen LogP contribution in [-0.4, -0.2) is 21.9 Å². The van der Waals surface area contributed by atoms with Crippen molar-refractivity contribution >= 4 is 34.0 Å². The molecule has 0 saturated carbocycles. The molecule has 0 bridgehead atoms. The normalized spacial score (nSPS) is 14.4. The van der Waals surface area contributed by atoms with E-state index in [2.05, 4.69) is 151 Å². The summed E-state index contributed by atoms with van der Waals surface area (Å²) < 4.78 is 4.61. The number of aromatic nitrogens is 1. The first kappa shape index (κ1) is 21.1. The predicted octanol–water partition coefficient (Wildman–Crippen LogP) is 7.72. The molecular weight excluding hydrogens is 424 g/mol. The highest BCUT2D eigenvalue weighted by Gasteiger charge is 2.32. The van der Waals surface area contributed by atoms with Crippen molar-refractivity contribution in [3.05, 3.63) is 138 Å². The van der Waals surface area contributed by atoms with Gasteiger partial charge in [0.05, 0.1) is 16.8 Å². The molecule has 0 aliphatic carbocycles. The van der Waals surface area contributed by atoms with Gasteiger partial charge in [0.1, 0.15) is 7.05 Å². The van der Waals surface area contributed by atoms with Gasteiger partial charge in [0.2, 0.25) is 11.4 Å². The number of hydrogen-bond donors (Lipinski definition) is 0. The largest absolute Gasteiger partial charge is 0.343 e. The topological polar surface area (TPSA) is 7.94 Å². The molecule has 0 N–H and O–H groups in total. The molecule has 5 aromatic rings. The van der Waals surface area contributed by atoms with E-state index in [0.29, 0.717) is 0 Å². The molecule has 0 unspecified atom stereocenters. The van der Waals surface area contributed by atoms with Gasteiger partial charge in [0.25, 0.3) is 0 Å². The number of benzene rings is 4. The average molecular weight is 452 g/mol. The van der Waals surface area contributed by atoms with Gasteiger partial charge in [-0.1, -0.05) is 91.0 Å². The molecule has 6 rings (SSSR count). The molecule has 0 saturated heterocycles. The van der Waals surface area contributed by atoms with Gasteiger partial charge >= 0.3 is 0 Å². The Kier molecular flexibility index (Phi) is 5.27. The van der Waals surface area contributed by atoms with Crippen molar-refractivity contribution in [3.8, 4) is 11.3 Å². The highest BCUT2D eigenvalue weighted by atomic mass is 15.0. The molecule has 1 aliphatic rings. The Balaban J connectivity index is 1.51. The van der Waals surface area contributed by atoms with Crippen LogP contribution in [0.5, 0.6) is 0 Å². The first-order valence-electron chi connectivity index (χ1n) is 12.0. The van der Waals surface area contributed by atoms with E-state index < -0.39 is 0 Å². The van der Waals surface area contributed by atoms with Gasteiger partial charge in [-0.25, -0.2) is 0 Å². The molecule has 0 atom stereocenters. The number of para-hydroxylation sites is 2. The van der Waals surface area contributed by atoms with Crippen LogP contribution in [0.25, 0.3) is 33.8 Å². The van der Waals surface area contributed by atoms with Crippen molar-refractivity contribution in [3.63, 3.8) is 0 Å². The van der Waals surface area contributed by atoms with E-state index in [1.165, 1.54) is 55.8 Å². The standard InChI is InChI=1S/C33H27N2/c1-34-30-22-11-9-18-26(30)28(32(34)24-14-5-3-6-15-24)20-13-21-29-27-19-10-12-23-31(27)35(2)33(29)25-16-7-4-8-17-25/h3-23H,1-2H3/q+1. The van der Waals surface area contributed by atoms with E-state index in [0.717, 1.165) is 0 Å². The summed E-state index contributed by atoms with van der Waals surface area (Å²) >= 11 is 0. The van der Waals surface area contributed by atoms with Gasteiger partial charge in [0.15, 0.2) is 0 Å². The van der Waals surface area contributed by atoms with Crippen LogP contribution in [0.4, 0.5) is 5.69 Å². The second-order valence-corrected chi connectivity index (χ2v) is 8.93. The minimum absolute atomic E-state index is 1.22. The van der Waals surface area contributed by atoms with Gasteiger partial charge in [-0.3, -0.25) is 0 Å². The third-order valence-corrected chi connectivity index (χ3v) is 6.91. The number of allylic oxidation sites excluding steroid dienone is 3. The van der Waals surface area contributed by atoms with Gasteiger partial charge in [0, 0.05) is 35.1 Å². The van der Waals surface area contributed by atoms with Gasteiger partial charge < -0.3 is 4.57 Å². The van der Waals surface area contributed by atoms with Crippen LogP contribution in [0, 0.1) is 0 Å². The monoisotopic (exact) mass is 451 g/mol. The molecule has 168 valence electrons. The molecule has 0 fully saturated rings. The van der Waals surface area contributed by atoms with E-state index >= 15 is 0 Å². The zero-order valence-electron chi connectivity index (χ0n) is 20.0. The van der Waals surface area contributed by atoms with Crippen molar-refractivity contribution in [1.82, 2.24) is 4.57 Å². The zero-order chi connectivity index (χ0) is 23.8. The predicted molar refractivity (Wildman–Crippen MR) is 148 cm³/mol. The maximum Gasteiger partial charge on any atom is 0.220 e. The van der Waals surface area contributed by atoms with Crippen molar-refractivity contribution in [1.29, 1.82) is 0 Å². The van der Waals surface area contributed by atoms with Crippen LogP contribution < -0.4 is 0 Å². The lowest BCUT2D eigenvalue weighted by atomic mass is 9.97. The van der Waals surface area contributed by atoms with Crippen LogP contribution in [0.3, 0.4) is 0 Å². The van der Waals surface area contributed by atoms with Crippen LogP contribution >= 0.6 is 0 Å². The first-order chi connectivity index (χ1) is 17.2. The second kappa shape index (κ2) is 8.73. The van der Waals surface area contributed by atoms with Crippen LogP contribution in [0.1, 0.15) is 16.7 Å². The van der Waals surface area contributed by atoms with E-state index in [1.54, 1.807) is 0 Å². The zero-order valence-corrected chi connectivity index (χ0v) is 20.0. The maximum absolute atomic E-state index is 2.30. The van der Waals surface area contributed by atoms with E-state index in [9.17, 15) is 0 Å². The summed E-state index contributed by atoms with van der Waals surface area (Å²) in [6.45, 7) is 0. The van der Waals surface area contributed by atoms with E-state index in [4.69, 9.17) is 0 Å². The van der Waals surface area contributed by atoms with Crippen molar-refractivity contribution in [2.24, 2.45) is 7.05 Å². The third-order valence-electron chi connectivity index (χ3n) is 6.91. The molecule has 4 aromatic carbocycles. The van der Waals surface area contributed by atoms with Crippen molar-refractivity contribution < 1.29 is 4.58 Å². The Morgan fingerprint density at radius 3 is 2.09 bits per heavy atom. The summed E-state index contributed by atoms with van der Waals surface area (Å²) in [5.41, 5.74) is 11.1. The minimum atomic E-state index is 1.22. The fourth-order valence-electron chi connectivity index (χ4n) is 5.31. The van der Waals surface area contributed by atoms with E-state index in [1.807, 2.05) is 0 Å². The van der Waals surface area contributed by atoms with Crippen molar-refractivity contribution in [2.45, 2.75) is 0 Å². The Bertz CT molecular complexity index is 1630. The van der Waals surface area contributed by atoms with Crippen LogP contribution in [-0.2, 0) is 7.05 Å². The van der Waals surface area contributed by atoms with Crippen molar-refractivity contribution in [2.75, 3.05) is 7.05 Å². The smallest absolute Gasteiger partial charge is 0.220 e. The molecule has 2 nitrogen and oxygen atoms in total. The second-order valence-electron chi connectivity index (χ2n) is 8.93. The lowest BCUT2D eigenvalue weighted by Gasteiger charge is -2.06. The summed E-state index contributed by atoms with van der Waals surface area (Å²) in [5.74, 6) is 0. The Labute approximate surface area is 206 Å². The lowest BCUT2D eigenvalue weighted by molar-refractivity contribution is -0.400. The van der Waals surface area contributed by atoms with Gasteiger partial charge in [-0.15, -0.1) is 0 Å². The SMILES string of the molecule is Cn1c(-c2ccccc2)c(/C=C/C=C2\C(c3ccccc3)=[N+](C)c3ccccc32)c2ccccc21. The number of fused-ring (bicyclic) bond motifs is 2. The fourth-order valence-corrected chi connectivity index (χ4v) is 5.31. The summed E-state index contributed by atoms with van der Waals surface area (Å²) in [6, 6.07) is 38.6. The van der Waals surface area contributed by atoms with E-state index in [-0.39, 0.29) is 0 Å². The Morgan fingerprint density at radius 1 is 0.686 bits per heavy atom. The summed E-state index contributed by atoms with van der Waals surface area (Å²) in [6.07, 6.45) is 6.74. The highest BCUT2D eigenvalue weighted by Crippen LogP contribution is 2.37. The summed E-state index contributed by atoms with van der Waals surface area (Å²) in [5, 5.41) is 1.26. The number of aryl methyl sites for hydroxylation is 1.